The summed E-state index contributed by atoms with van der Waals surface area (Å²) in [6, 6.07) is 7.79. The maximum Gasteiger partial charge on any atom is 0.287 e. The van der Waals surface area contributed by atoms with Crippen LogP contribution in [0.5, 0.6) is 5.75 Å². The molecule has 0 radical (unpaired) electrons. The van der Waals surface area contributed by atoms with Crippen molar-refractivity contribution >= 4 is 11.5 Å². The van der Waals surface area contributed by atoms with E-state index < -0.39 is 4.92 Å². The second-order valence-electron chi connectivity index (χ2n) is 5.68. The molecule has 6 nitrogen and oxygen atoms in total. The number of nitrogens with zero attached hydrogens (tertiary/aromatic N) is 2. The van der Waals surface area contributed by atoms with Gasteiger partial charge in [-0.3, -0.25) is 10.1 Å². The Balaban J connectivity index is 1.51. The van der Waals surface area contributed by atoms with Crippen LogP contribution in [0.1, 0.15) is 23.1 Å². The number of fused-ring (bicyclic) bond motifs is 1. The standard InChI is InChI=1S/C17H19N3O3/c1-12-9-15(20(21)22)11-19-17(12)18-7-8-23-16-6-5-13-3-2-4-14(13)10-16/h5-6,9-11H,2-4,7-8H2,1H3,(H,18,19). The number of nitrogens with one attached hydrogen (secondary N) is 1. The molecule has 1 aliphatic carbocycles. The number of ether oxygens (including phenoxy) is 1. The molecule has 0 spiro atoms. The van der Waals surface area contributed by atoms with Crippen molar-refractivity contribution in [1.82, 2.24) is 4.98 Å². The number of nitro groups is 1. The number of rotatable bonds is 6. The molecular formula is C17H19N3O3. The minimum absolute atomic E-state index is 0.00226. The molecule has 1 N–H and O–H groups in total. The lowest BCUT2D eigenvalue weighted by molar-refractivity contribution is -0.385. The number of pyridine rings is 1. The molecule has 23 heavy (non-hydrogen) atoms. The second-order valence-corrected chi connectivity index (χ2v) is 5.68. The summed E-state index contributed by atoms with van der Waals surface area (Å²) >= 11 is 0. The third-order valence-electron chi connectivity index (χ3n) is 4.01. The highest BCUT2D eigenvalue weighted by Gasteiger charge is 2.11. The summed E-state index contributed by atoms with van der Waals surface area (Å²) in [5.74, 6) is 1.54. The lowest BCUT2D eigenvalue weighted by atomic mass is 10.1. The number of hydrogen-bond donors (Lipinski definition) is 1. The first kappa shape index (κ1) is 15.3. The molecule has 6 heteroatoms. The summed E-state index contributed by atoms with van der Waals surface area (Å²) in [4.78, 5) is 14.3. The fraction of sp³-hybridized carbons (Fsp3) is 0.353. The Labute approximate surface area is 134 Å². The van der Waals surface area contributed by atoms with E-state index in [2.05, 4.69) is 22.4 Å². The van der Waals surface area contributed by atoms with Crippen molar-refractivity contribution in [2.75, 3.05) is 18.5 Å². The molecule has 0 aliphatic heterocycles. The van der Waals surface area contributed by atoms with Gasteiger partial charge in [0.25, 0.3) is 5.69 Å². The highest BCUT2D eigenvalue weighted by molar-refractivity contribution is 5.48. The van der Waals surface area contributed by atoms with Gasteiger partial charge in [0, 0.05) is 6.07 Å². The van der Waals surface area contributed by atoms with Crippen LogP contribution in [0.15, 0.2) is 30.5 Å². The van der Waals surface area contributed by atoms with Gasteiger partial charge >= 0.3 is 0 Å². The molecular weight excluding hydrogens is 294 g/mol. The number of benzene rings is 1. The Morgan fingerprint density at radius 2 is 2.13 bits per heavy atom. The lowest BCUT2D eigenvalue weighted by Gasteiger charge is -2.10. The Kier molecular flexibility index (Phi) is 4.41. The van der Waals surface area contributed by atoms with Crippen LogP contribution in [0.25, 0.3) is 0 Å². The number of aryl methyl sites for hydroxylation is 3. The molecule has 1 aromatic carbocycles. The van der Waals surface area contributed by atoms with E-state index in [-0.39, 0.29) is 5.69 Å². The Morgan fingerprint density at radius 3 is 2.91 bits per heavy atom. The van der Waals surface area contributed by atoms with Gasteiger partial charge in [0.15, 0.2) is 0 Å². The van der Waals surface area contributed by atoms with Crippen molar-refractivity contribution in [3.8, 4) is 5.75 Å². The molecule has 0 bridgehead atoms. The maximum absolute atomic E-state index is 10.7. The first-order chi connectivity index (χ1) is 11.1. The van der Waals surface area contributed by atoms with Crippen LogP contribution in [0.3, 0.4) is 0 Å². The van der Waals surface area contributed by atoms with Gasteiger partial charge in [0.05, 0.1) is 11.5 Å². The van der Waals surface area contributed by atoms with E-state index in [4.69, 9.17) is 4.74 Å². The summed E-state index contributed by atoms with van der Waals surface area (Å²) in [7, 11) is 0. The molecule has 1 heterocycles. The summed E-state index contributed by atoms with van der Waals surface area (Å²) < 4.78 is 5.76. The van der Waals surface area contributed by atoms with Crippen molar-refractivity contribution in [2.24, 2.45) is 0 Å². The highest BCUT2D eigenvalue weighted by atomic mass is 16.6. The topological polar surface area (TPSA) is 77.3 Å². The monoisotopic (exact) mass is 313 g/mol. The van der Waals surface area contributed by atoms with Crippen molar-refractivity contribution < 1.29 is 9.66 Å². The van der Waals surface area contributed by atoms with Crippen molar-refractivity contribution in [2.45, 2.75) is 26.2 Å². The lowest BCUT2D eigenvalue weighted by Crippen LogP contribution is -2.13. The predicted octanol–water partition coefficient (Wildman–Crippen LogP) is 3.28. The largest absolute Gasteiger partial charge is 0.492 e. The van der Waals surface area contributed by atoms with Gasteiger partial charge in [0.1, 0.15) is 24.4 Å². The molecule has 2 aromatic rings. The molecule has 0 saturated heterocycles. The zero-order valence-corrected chi connectivity index (χ0v) is 13.0. The van der Waals surface area contributed by atoms with E-state index in [1.807, 2.05) is 6.07 Å². The minimum atomic E-state index is -0.444. The Bertz CT molecular complexity index is 731. The van der Waals surface area contributed by atoms with Crippen LogP contribution in [0.2, 0.25) is 0 Å². The van der Waals surface area contributed by atoms with E-state index in [1.165, 1.54) is 36.2 Å². The smallest absolute Gasteiger partial charge is 0.287 e. The van der Waals surface area contributed by atoms with Crippen molar-refractivity contribution in [3.05, 3.63) is 57.3 Å². The van der Waals surface area contributed by atoms with Crippen LogP contribution in [0.4, 0.5) is 11.5 Å². The van der Waals surface area contributed by atoms with Gasteiger partial charge in [-0.25, -0.2) is 4.98 Å². The van der Waals surface area contributed by atoms with Crippen molar-refractivity contribution in [1.29, 1.82) is 0 Å². The summed E-state index contributed by atoms with van der Waals surface area (Å²) in [6.07, 6.45) is 4.79. The van der Waals surface area contributed by atoms with E-state index in [9.17, 15) is 10.1 Å². The van der Waals surface area contributed by atoms with Crippen LogP contribution < -0.4 is 10.1 Å². The second kappa shape index (κ2) is 6.64. The van der Waals surface area contributed by atoms with Crippen LogP contribution in [-0.4, -0.2) is 23.1 Å². The summed E-state index contributed by atoms with van der Waals surface area (Å²) in [5, 5.41) is 13.8. The van der Waals surface area contributed by atoms with Gasteiger partial charge in [-0.15, -0.1) is 0 Å². The molecule has 0 amide bonds. The molecule has 0 fully saturated rings. The molecule has 1 aliphatic rings. The van der Waals surface area contributed by atoms with E-state index in [0.717, 1.165) is 17.7 Å². The third-order valence-corrected chi connectivity index (χ3v) is 4.01. The molecule has 0 unspecified atom stereocenters. The van der Waals surface area contributed by atoms with Gasteiger partial charge < -0.3 is 10.1 Å². The maximum atomic E-state index is 10.7. The SMILES string of the molecule is Cc1cc([N+](=O)[O-])cnc1NCCOc1ccc2c(c1)CCC2. The van der Waals surface area contributed by atoms with Gasteiger partial charge in [-0.05, 0) is 55.0 Å². The number of hydrogen-bond acceptors (Lipinski definition) is 5. The zero-order valence-electron chi connectivity index (χ0n) is 13.0. The van der Waals surface area contributed by atoms with Crippen molar-refractivity contribution in [3.63, 3.8) is 0 Å². The first-order valence-electron chi connectivity index (χ1n) is 7.73. The van der Waals surface area contributed by atoms with Crippen LogP contribution >= 0.6 is 0 Å². The fourth-order valence-electron chi connectivity index (χ4n) is 2.82. The number of anilines is 1. The Hall–Kier alpha value is -2.63. The fourth-order valence-corrected chi connectivity index (χ4v) is 2.82. The molecule has 3 rings (SSSR count). The normalized spacial score (nSPS) is 12.7. The molecule has 0 atom stereocenters. The molecule has 1 aromatic heterocycles. The molecule has 0 saturated carbocycles. The van der Waals surface area contributed by atoms with Gasteiger partial charge in [-0.1, -0.05) is 6.07 Å². The predicted molar refractivity (Wildman–Crippen MR) is 88.1 cm³/mol. The minimum Gasteiger partial charge on any atom is -0.492 e. The summed E-state index contributed by atoms with van der Waals surface area (Å²) in [5.41, 5.74) is 3.57. The number of aromatic nitrogens is 1. The van der Waals surface area contributed by atoms with Gasteiger partial charge in [-0.2, -0.15) is 0 Å². The highest BCUT2D eigenvalue weighted by Crippen LogP contribution is 2.26. The van der Waals surface area contributed by atoms with Crippen LogP contribution in [-0.2, 0) is 12.8 Å². The average Bonchev–Trinajstić information content (AvgIpc) is 3.00. The molecule has 120 valence electrons. The van der Waals surface area contributed by atoms with Gasteiger partial charge in [0.2, 0.25) is 0 Å². The average molecular weight is 313 g/mol. The third kappa shape index (κ3) is 3.59. The first-order valence-corrected chi connectivity index (χ1v) is 7.73. The van der Waals surface area contributed by atoms with E-state index in [1.54, 1.807) is 6.92 Å². The quantitative estimate of drug-likeness (QED) is 0.503. The van der Waals surface area contributed by atoms with E-state index >= 15 is 0 Å². The van der Waals surface area contributed by atoms with Crippen LogP contribution in [0, 0.1) is 17.0 Å². The van der Waals surface area contributed by atoms with E-state index in [0.29, 0.717) is 19.0 Å². The Morgan fingerprint density at radius 1 is 1.30 bits per heavy atom. The zero-order chi connectivity index (χ0) is 16.2. The summed E-state index contributed by atoms with van der Waals surface area (Å²) in [6.45, 7) is 2.89.